The molecular formula is C28H28N9NaO11S4. The number of anilines is 1. The molecule has 0 radical (unpaired) electrons. The summed E-state index contributed by atoms with van der Waals surface area (Å²) in [6.45, 7) is 1.76. The number of allylic oxidation sites excluding steroid dienone is 1. The number of sulfone groups is 1. The zero-order valence-corrected chi connectivity index (χ0v) is 30.0. The van der Waals surface area contributed by atoms with Gasteiger partial charge in [-0.1, -0.05) is 5.16 Å². The second-order valence-corrected chi connectivity index (χ2v) is 15.9. The van der Waals surface area contributed by atoms with Crippen molar-refractivity contribution in [3.8, 4) is 11.5 Å². The number of oxime groups is 1. The van der Waals surface area contributed by atoms with E-state index < -0.39 is 73.2 Å². The van der Waals surface area contributed by atoms with Gasteiger partial charge in [0.25, 0.3) is 11.8 Å². The monoisotopic (exact) mass is 817 g/mol. The van der Waals surface area contributed by atoms with Gasteiger partial charge in [0.15, 0.2) is 28.2 Å². The SMILES string of the molecule is COC(=O)N1C=C2N=C(C)C=C(SCC3=C(C(=O)O)N4C(=O)[C@@H](NC(=O)/C(=N\OCS(=O)(=O)c5ccc(O)c(O)c5)c5csc(N)n5)[C@H]4SC3)N2N1.[NaH]. The summed E-state index contributed by atoms with van der Waals surface area (Å²) in [7, 11) is -3.00. The van der Waals surface area contributed by atoms with Gasteiger partial charge in [-0.05, 0) is 30.7 Å². The molecule has 53 heavy (non-hydrogen) atoms. The fourth-order valence-corrected chi connectivity index (χ4v) is 9.04. The number of nitrogens with two attached hydrogens (primary N) is 1. The molecule has 0 saturated carbocycles. The van der Waals surface area contributed by atoms with Crippen LogP contribution in [0.25, 0.3) is 0 Å². The summed E-state index contributed by atoms with van der Waals surface area (Å²) >= 11 is 3.43. The zero-order chi connectivity index (χ0) is 37.5. The van der Waals surface area contributed by atoms with Crippen LogP contribution in [0.2, 0.25) is 0 Å². The van der Waals surface area contributed by atoms with E-state index in [0.717, 1.165) is 39.4 Å². The van der Waals surface area contributed by atoms with E-state index in [1.165, 1.54) is 47.2 Å². The van der Waals surface area contributed by atoms with Gasteiger partial charge in [-0.25, -0.2) is 33.0 Å². The Bertz CT molecular complexity index is 2150. The second-order valence-electron chi connectivity index (χ2n) is 10.9. The first-order valence-corrected chi connectivity index (χ1v) is 19.2. The van der Waals surface area contributed by atoms with E-state index >= 15 is 0 Å². The number of ether oxygens (including phenoxy) is 1. The number of nitrogens with one attached hydrogen (secondary N) is 2. The number of aliphatic carboxylic acids is 1. The number of methoxy groups -OCH3 is 1. The number of aromatic nitrogens is 1. The van der Waals surface area contributed by atoms with Gasteiger partial charge >= 0.3 is 41.6 Å². The summed E-state index contributed by atoms with van der Waals surface area (Å²) in [5.41, 5.74) is 8.80. The number of carboxylic acid groups (broad SMARTS) is 1. The number of amides is 3. The average Bonchev–Trinajstić information content (AvgIpc) is 3.74. The molecule has 1 aromatic carbocycles. The summed E-state index contributed by atoms with van der Waals surface area (Å²) in [5.74, 6) is -4.57. The molecule has 0 unspecified atom stereocenters. The number of carboxylic acids is 1. The molecule has 3 amide bonds. The standard InChI is InChI=1S/C28H27N9O11S4.Na.H/c1-12-5-19(37-18(30-12)7-35(34-37)28(44)47-2)49-8-13-9-50-25-21(24(41)36(25)22(13)26(42)43)32-23(40)20(15-10-51-27(29)31-15)33-48-11-52(45,46)14-3-4-16(38)17(39)6-14;;/h3-7,10,21,25,34,38-39H,8-9,11H2,1-2H3,(H2,29,31)(H,32,40)(H,42,43);;/b33-20-;;/t21-,25-;;/m1../s1. The minimum absolute atomic E-state index is 0. The number of thiazole rings is 1. The van der Waals surface area contributed by atoms with Crippen LogP contribution in [-0.2, 0) is 33.8 Å². The fourth-order valence-electron chi connectivity index (χ4n) is 5.05. The molecule has 4 aliphatic heterocycles. The first-order valence-electron chi connectivity index (χ1n) is 14.6. The summed E-state index contributed by atoms with van der Waals surface area (Å²) in [4.78, 5) is 65.5. The molecule has 0 aliphatic carbocycles. The van der Waals surface area contributed by atoms with Crippen LogP contribution in [0.15, 0.2) is 73.0 Å². The number of β-lactam (4-membered cyclic amide) rings is 1. The maximum absolute atomic E-state index is 13.5. The van der Waals surface area contributed by atoms with Crippen LogP contribution in [0.4, 0.5) is 9.93 Å². The molecule has 0 spiro atoms. The molecule has 1 saturated heterocycles. The molecule has 7 N–H and O–H groups in total. The van der Waals surface area contributed by atoms with Crippen LogP contribution in [-0.4, -0.2) is 144 Å². The molecule has 4 aliphatic rings. The first-order chi connectivity index (χ1) is 24.7. The number of aromatic hydroxyl groups is 2. The van der Waals surface area contributed by atoms with Gasteiger partial charge in [-0.2, -0.15) is 5.01 Å². The van der Waals surface area contributed by atoms with Gasteiger partial charge in [0.1, 0.15) is 22.8 Å². The van der Waals surface area contributed by atoms with Crippen LogP contribution >= 0.6 is 34.9 Å². The quantitative estimate of drug-likeness (QED) is 0.0574. The van der Waals surface area contributed by atoms with Gasteiger partial charge < -0.3 is 35.9 Å². The number of hydrazine groups is 2. The van der Waals surface area contributed by atoms with E-state index in [1.807, 2.05) is 0 Å². The Morgan fingerprint density at radius 2 is 2.00 bits per heavy atom. The number of carbonyl (C=O) groups excluding carboxylic acids is 3. The summed E-state index contributed by atoms with van der Waals surface area (Å²) in [6, 6.07) is 1.64. The third kappa shape index (κ3) is 8.13. The number of benzene rings is 1. The summed E-state index contributed by atoms with van der Waals surface area (Å²) in [6.07, 6.45) is 2.50. The minimum atomic E-state index is -4.22. The van der Waals surface area contributed by atoms with Crippen molar-refractivity contribution in [3.63, 3.8) is 0 Å². The van der Waals surface area contributed by atoms with Crippen molar-refractivity contribution in [2.75, 3.05) is 30.3 Å². The van der Waals surface area contributed by atoms with Crippen LogP contribution < -0.4 is 16.6 Å². The number of fused-ring (bicyclic) bond motifs is 2. The molecule has 20 nitrogen and oxygen atoms in total. The molecule has 0 bridgehead atoms. The molecule has 5 heterocycles. The Hall–Kier alpha value is -4.30. The van der Waals surface area contributed by atoms with E-state index in [9.17, 15) is 42.9 Å². The van der Waals surface area contributed by atoms with E-state index in [2.05, 4.69) is 26.0 Å². The van der Waals surface area contributed by atoms with Crippen molar-refractivity contribution in [3.05, 3.63) is 63.7 Å². The molecule has 2 atom stereocenters. The van der Waals surface area contributed by atoms with Crippen molar-refractivity contribution >= 4 is 115 Å². The van der Waals surface area contributed by atoms with Crippen molar-refractivity contribution in [2.24, 2.45) is 10.1 Å². The topological polar surface area (TPSA) is 279 Å². The predicted octanol–water partition coefficient (Wildman–Crippen LogP) is 0.0303. The number of thioether (sulfide) groups is 2. The summed E-state index contributed by atoms with van der Waals surface area (Å²) < 4.78 is 30.2. The van der Waals surface area contributed by atoms with E-state index in [4.69, 9.17) is 15.3 Å². The Labute approximate surface area is 334 Å². The first kappa shape index (κ1) is 39.9. The number of nitrogen functional groups attached to an aromatic ring is 1. The van der Waals surface area contributed by atoms with Gasteiger partial charge in [0.2, 0.25) is 15.8 Å². The normalized spacial score (nSPS) is 19.6. The number of nitrogens with zero attached hydrogens (tertiary/aromatic N) is 6. The van der Waals surface area contributed by atoms with Crippen LogP contribution in [0.3, 0.4) is 0 Å². The Kier molecular flexibility index (Phi) is 12.0. The van der Waals surface area contributed by atoms with Crippen molar-refractivity contribution in [2.45, 2.75) is 23.2 Å². The maximum atomic E-state index is 13.5. The van der Waals surface area contributed by atoms with Crippen molar-refractivity contribution in [1.82, 2.24) is 30.8 Å². The van der Waals surface area contributed by atoms with Crippen molar-refractivity contribution < 1.29 is 52.5 Å². The number of phenolic OH excluding ortho intramolecular Hbond substituents is 2. The van der Waals surface area contributed by atoms with Crippen molar-refractivity contribution in [1.29, 1.82) is 0 Å². The fraction of sp³-hybridized carbons (Fsp3) is 0.250. The van der Waals surface area contributed by atoms with E-state index in [0.29, 0.717) is 22.1 Å². The molecule has 2 aromatic rings. The molecule has 1 fully saturated rings. The zero-order valence-electron chi connectivity index (χ0n) is 26.7. The third-order valence-electron chi connectivity index (χ3n) is 7.48. The number of rotatable bonds is 11. The van der Waals surface area contributed by atoms with E-state index in [1.54, 1.807) is 13.0 Å². The number of carbonyl (C=O) groups is 4. The number of hydrogen-bond acceptors (Lipinski definition) is 19. The number of hydrogen-bond donors (Lipinski definition) is 6. The molecule has 6 rings (SSSR count). The Morgan fingerprint density at radius 1 is 1.25 bits per heavy atom. The van der Waals surface area contributed by atoms with Crippen LogP contribution in [0.1, 0.15) is 12.6 Å². The molecular weight excluding hydrogens is 790 g/mol. The number of aliphatic imine (C=N–C) groups is 1. The van der Waals surface area contributed by atoms with Gasteiger partial charge in [-0.15, -0.1) is 40.4 Å². The molecule has 25 heteroatoms. The second kappa shape index (κ2) is 16.0. The Morgan fingerprint density at radius 3 is 2.66 bits per heavy atom. The van der Waals surface area contributed by atoms with E-state index in [-0.39, 0.29) is 57.6 Å². The third-order valence-corrected chi connectivity index (χ3v) is 12.0. The average molecular weight is 818 g/mol. The number of phenols is 2. The van der Waals surface area contributed by atoms with Gasteiger partial charge in [0, 0.05) is 28.7 Å². The van der Waals surface area contributed by atoms with Crippen LogP contribution in [0, 0.1) is 0 Å². The summed E-state index contributed by atoms with van der Waals surface area (Å²) in [5, 5.41) is 39.4. The van der Waals surface area contributed by atoms with Gasteiger partial charge in [0.05, 0.1) is 23.2 Å². The van der Waals surface area contributed by atoms with Crippen LogP contribution in [0.5, 0.6) is 11.5 Å². The predicted molar refractivity (Wildman–Crippen MR) is 194 cm³/mol. The molecule has 1 aromatic heterocycles. The Balaban J connectivity index is 0.00000541. The van der Waals surface area contributed by atoms with Gasteiger partial charge in [-0.3, -0.25) is 14.5 Å². The molecule has 276 valence electrons.